The first-order chi connectivity index (χ1) is 8.47. The standard InChI is InChI=1S/C11H10N2O4S/c12-5-6-18(16,17)13-9-4-2-1-3-8(9)7-10(13)11(14)15/h1-4,10H,6-7H2,(H,14,15). The maximum Gasteiger partial charge on any atom is 0.327 e. The Bertz CT molecular complexity index is 633. The van der Waals surface area contributed by atoms with E-state index < -0.39 is 27.8 Å². The van der Waals surface area contributed by atoms with Crippen molar-refractivity contribution in [2.24, 2.45) is 0 Å². The number of fused-ring (bicyclic) bond motifs is 1. The van der Waals surface area contributed by atoms with Gasteiger partial charge in [0.05, 0.1) is 11.8 Å². The summed E-state index contributed by atoms with van der Waals surface area (Å²) >= 11 is 0. The molecule has 0 aromatic heterocycles. The molecule has 1 aliphatic heterocycles. The second-order valence-corrected chi connectivity index (χ2v) is 5.74. The topological polar surface area (TPSA) is 98.5 Å². The van der Waals surface area contributed by atoms with Crippen molar-refractivity contribution in [3.8, 4) is 6.07 Å². The van der Waals surface area contributed by atoms with Gasteiger partial charge in [-0.2, -0.15) is 5.26 Å². The molecule has 0 radical (unpaired) electrons. The number of carbonyl (C=O) groups is 1. The predicted octanol–water partition coefficient (Wildman–Crippen LogP) is 0.356. The summed E-state index contributed by atoms with van der Waals surface area (Å²) in [5.41, 5.74) is 1.01. The zero-order valence-corrected chi connectivity index (χ0v) is 10.1. The Morgan fingerprint density at radius 2 is 2.17 bits per heavy atom. The van der Waals surface area contributed by atoms with Crippen molar-refractivity contribution in [1.29, 1.82) is 5.26 Å². The fraction of sp³-hybridized carbons (Fsp3) is 0.273. The van der Waals surface area contributed by atoms with Gasteiger partial charge in [-0.25, -0.2) is 13.2 Å². The number of benzene rings is 1. The van der Waals surface area contributed by atoms with Gasteiger partial charge < -0.3 is 5.11 Å². The molecule has 2 rings (SSSR count). The lowest BCUT2D eigenvalue weighted by Gasteiger charge is -2.22. The van der Waals surface area contributed by atoms with Crippen LogP contribution in [0.5, 0.6) is 0 Å². The number of sulfonamides is 1. The van der Waals surface area contributed by atoms with Crippen LogP contribution in [0.4, 0.5) is 5.69 Å². The number of aliphatic carboxylic acids is 1. The maximum absolute atomic E-state index is 12.0. The summed E-state index contributed by atoms with van der Waals surface area (Å²) in [7, 11) is -3.93. The lowest BCUT2D eigenvalue weighted by atomic mass is 10.1. The predicted molar refractivity (Wildman–Crippen MR) is 63.4 cm³/mol. The van der Waals surface area contributed by atoms with Crippen molar-refractivity contribution in [3.63, 3.8) is 0 Å². The number of carboxylic acid groups (broad SMARTS) is 1. The summed E-state index contributed by atoms with van der Waals surface area (Å²) in [5.74, 6) is -1.95. The van der Waals surface area contributed by atoms with E-state index >= 15 is 0 Å². The summed E-state index contributed by atoms with van der Waals surface area (Å²) in [6.07, 6.45) is 0.121. The van der Waals surface area contributed by atoms with E-state index in [1.54, 1.807) is 30.3 Å². The van der Waals surface area contributed by atoms with Crippen molar-refractivity contribution in [3.05, 3.63) is 29.8 Å². The van der Waals surface area contributed by atoms with E-state index in [0.29, 0.717) is 11.3 Å². The second-order valence-electron chi connectivity index (χ2n) is 3.90. The number of hydrogen-bond donors (Lipinski definition) is 1. The number of hydrogen-bond acceptors (Lipinski definition) is 4. The Balaban J connectivity index is 2.54. The van der Waals surface area contributed by atoms with E-state index in [-0.39, 0.29) is 6.42 Å². The first kappa shape index (κ1) is 12.4. The number of anilines is 1. The minimum atomic E-state index is -3.93. The van der Waals surface area contributed by atoms with Gasteiger partial charge in [-0.3, -0.25) is 4.31 Å². The molecule has 18 heavy (non-hydrogen) atoms. The molecule has 1 N–H and O–H groups in total. The van der Waals surface area contributed by atoms with Crippen molar-refractivity contribution in [2.45, 2.75) is 12.5 Å². The fourth-order valence-corrected chi connectivity index (χ4v) is 3.37. The molecule has 1 heterocycles. The van der Waals surface area contributed by atoms with Crippen LogP contribution in [0.25, 0.3) is 0 Å². The Labute approximate surface area is 104 Å². The molecular formula is C11H10N2O4S. The summed E-state index contributed by atoms with van der Waals surface area (Å²) in [6.45, 7) is 0. The van der Waals surface area contributed by atoms with E-state index in [9.17, 15) is 13.2 Å². The van der Waals surface area contributed by atoms with Crippen LogP contribution < -0.4 is 4.31 Å². The highest BCUT2D eigenvalue weighted by atomic mass is 32.2. The van der Waals surface area contributed by atoms with Gasteiger partial charge in [0.25, 0.3) is 0 Å². The van der Waals surface area contributed by atoms with E-state index in [0.717, 1.165) is 4.31 Å². The molecule has 1 aromatic carbocycles. The van der Waals surface area contributed by atoms with Gasteiger partial charge in [-0.05, 0) is 11.6 Å². The molecule has 0 fully saturated rings. The molecule has 0 aliphatic carbocycles. The average Bonchev–Trinajstić information content (AvgIpc) is 2.68. The molecule has 1 aliphatic rings. The van der Waals surface area contributed by atoms with Gasteiger partial charge in [-0.1, -0.05) is 18.2 Å². The number of nitrogens with zero attached hydrogens (tertiary/aromatic N) is 2. The fourth-order valence-electron chi connectivity index (χ4n) is 2.04. The van der Waals surface area contributed by atoms with E-state index in [4.69, 9.17) is 10.4 Å². The minimum Gasteiger partial charge on any atom is -0.480 e. The second kappa shape index (κ2) is 4.31. The summed E-state index contributed by atoms with van der Waals surface area (Å²) in [5, 5.41) is 17.6. The molecule has 0 saturated heterocycles. The smallest absolute Gasteiger partial charge is 0.327 e. The van der Waals surface area contributed by atoms with E-state index in [1.807, 2.05) is 0 Å². The molecule has 94 valence electrons. The Kier molecular flexibility index (Phi) is 2.97. The van der Waals surface area contributed by atoms with Crippen molar-refractivity contribution < 1.29 is 18.3 Å². The first-order valence-electron chi connectivity index (χ1n) is 5.17. The van der Waals surface area contributed by atoms with E-state index in [2.05, 4.69) is 0 Å². The van der Waals surface area contributed by atoms with Gasteiger partial charge >= 0.3 is 5.97 Å². The molecule has 0 bridgehead atoms. The lowest BCUT2D eigenvalue weighted by molar-refractivity contribution is -0.138. The number of rotatable bonds is 3. The molecule has 6 nitrogen and oxygen atoms in total. The van der Waals surface area contributed by atoms with Crippen LogP contribution in [-0.4, -0.2) is 31.3 Å². The third-order valence-electron chi connectivity index (χ3n) is 2.76. The quantitative estimate of drug-likeness (QED) is 0.851. The largest absolute Gasteiger partial charge is 0.480 e. The van der Waals surface area contributed by atoms with Crippen molar-refractivity contribution in [2.75, 3.05) is 10.1 Å². The zero-order valence-electron chi connectivity index (χ0n) is 9.28. The molecule has 0 amide bonds. The molecular weight excluding hydrogens is 256 g/mol. The van der Waals surface area contributed by atoms with Gasteiger partial charge in [0.15, 0.2) is 5.75 Å². The highest BCUT2D eigenvalue weighted by molar-refractivity contribution is 7.93. The number of para-hydroxylation sites is 1. The summed E-state index contributed by atoms with van der Waals surface area (Å²) in [6, 6.07) is 6.98. The van der Waals surface area contributed by atoms with Crippen LogP contribution in [-0.2, 0) is 21.2 Å². The lowest BCUT2D eigenvalue weighted by Crippen LogP contribution is -2.43. The SMILES string of the molecule is N#CCS(=O)(=O)N1c2ccccc2CC1C(=O)O. The van der Waals surface area contributed by atoms with Crippen molar-refractivity contribution in [1.82, 2.24) is 0 Å². The van der Waals surface area contributed by atoms with Gasteiger partial charge in [0, 0.05) is 6.42 Å². The Morgan fingerprint density at radius 3 is 2.78 bits per heavy atom. The van der Waals surface area contributed by atoms with Crippen LogP contribution in [0.1, 0.15) is 5.56 Å². The van der Waals surface area contributed by atoms with Crippen LogP contribution >= 0.6 is 0 Å². The monoisotopic (exact) mass is 266 g/mol. The van der Waals surface area contributed by atoms with Gasteiger partial charge in [0.2, 0.25) is 10.0 Å². The van der Waals surface area contributed by atoms with Gasteiger partial charge in [0.1, 0.15) is 6.04 Å². The average molecular weight is 266 g/mol. The number of nitriles is 1. The molecule has 7 heteroatoms. The highest BCUT2D eigenvalue weighted by Gasteiger charge is 2.41. The summed E-state index contributed by atoms with van der Waals surface area (Å²) in [4.78, 5) is 11.1. The molecule has 1 atom stereocenters. The van der Waals surface area contributed by atoms with Crippen LogP contribution in [0.15, 0.2) is 24.3 Å². The van der Waals surface area contributed by atoms with Crippen LogP contribution in [0.3, 0.4) is 0 Å². The Morgan fingerprint density at radius 1 is 1.50 bits per heavy atom. The highest BCUT2D eigenvalue weighted by Crippen LogP contribution is 2.34. The maximum atomic E-state index is 12.0. The van der Waals surface area contributed by atoms with Crippen LogP contribution in [0, 0.1) is 11.3 Å². The van der Waals surface area contributed by atoms with Crippen molar-refractivity contribution >= 4 is 21.7 Å². The molecule has 0 spiro atoms. The molecule has 1 unspecified atom stereocenters. The zero-order chi connectivity index (χ0) is 13.3. The third-order valence-corrected chi connectivity index (χ3v) is 4.30. The molecule has 0 saturated carbocycles. The van der Waals surface area contributed by atoms with Gasteiger partial charge in [-0.15, -0.1) is 0 Å². The summed E-state index contributed by atoms with van der Waals surface area (Å²) < 4.78 is 24.7. The third kappa shape index (κ3) is 1.91. The Hall–Kier alpha value is -2.07. The molecule has 1 aromatic rings. The van der Waals surface area contributed by atoms with E-state index in [1.165, 1.54) is 0 Å². The minimum absolute atomic E-state index is 0.121. The van der Waals surface area contributed by atoms with Crippen LogP contribution in [0.2, 0.25) is 0 Å². The first-order valence-corrected chi connectivity index (χ1v) is 6.78. The normalized spacial score (nSPS) is 18.2. The number of carboxylic acids is 1.